The number of nitrogens with zero attached hydrogens (tertiary/aromatic N) is 2. The number of nitro groups is 1. The van der Waals surface area contributed by atoms with Crippen molar-refractivity contribution < 1.29 is 9.66 Å². The van der Waals surface area contributed by atoms with Gasteiger partial charge in [-0.2, -0.15) is 0 Å². The van der Waals surface area contributed by atoms with Crippen LogP contribution in [0.1, 0.15) is 19.8 Å². The minimum atomic E-state index is -0.517. The zero-order valence-electron chi connectivity index (χ0n) is 9.93. The van der Waals surface area contributed by atoms with Crippen LogP contribution < -0.4 is 5.32 Å². The molecule has 0 atom stereocenters. The first-order valence-electron chi connectivity index (χ1n) is 5.78. The van der Waals surface area contributed by atoms with Crippen LogP contribution in [0.25, 0.3) is 0 Å². The van der Waals surface area contributed by atoms with E-state index in [1.807, 2.05) is 6.92 Å². The first-order valence-corrected chi connectivity index (χ1v) is 6.16. The molecule has 0 aliphatic heterocycles. The molecule has 1 aromatic heterocycles. The van der Waals surface area contributed by atoms with Crippen LogP contribution in [-0.2, 0) is 4.74 Å². The van der Waals surface area contributed by atoms with Gasteiger partial charge in [0.05, 0.1) is 16.0 Å². The molecule has 1 aromatic rings. The van der Waals surface area contributed by atoms with Crippen molar-refractivity contribution >= 4 is 23.1 Å². The number of halogens is 1. The Morgan fingerprint density at radius 2 is 2.39 bits per heavy atom. The van der Waals surface area contributed by atoms with Crippen molar-refractivity contribution in [1.82, 2.24) is 4.98 Å². The van der Waals surface area contributed by atoms with Gasteiger partial charge in [0.2, 0.25) is 0 Å². The van der Waals surface area contributed by atoms with E-state index in [0.717, 1.165) is 12.8 Å². The van der Waals surface area contributed by atoms with Crippen molar-refractivity contribution in [2.24, 2.45) is 0 Å². The lowest BCUT2D eigenvalue weighted by molar-refractivity contribution is -0.385. The quantitative estimate of drug-likeness (QED) is 0.658. The van der Waals surface area contributed by atoms with Crippen LogP contribution >= 0.6 is 11.6 Å². The number of ether oxygens (including phenoxy) is 1. The van der Waals surface area contributed by atoms with E-state index < -0.39 is 4.92 Å². The van der Waals surface area contributed by atoms with Crippen molar-refractivity contribution in [3.8, 4) is 0 Å². The Morgan fingerprint density at radius 3 is 2.94 bits per heavy atom. The summed E-state index contributed by atoms with van der Waals surface area (Å²) in [6.45, 7) is 2.68. The molecule has 1 aliphatic carbocycles. The van der Waals surface area contributed by atoms with Gasteiger partial charge < -0.3 is 10.1 Å². The Kier molecular flexibility index (Phi) is 3.98. The first-order chi connectivity index (χ1) is 8.60. The number of aromatic nitrogens is 1. The molecule has 7 heteroatoms. The lowest BCUT2D eigenvalue weighted by atomic mass is 9.89. The predicted molar refractivity (Wildman–Crippen MR) is 68.0 cm³/mol. The summed E-state index contributed by atoms with van der Waals surface area (Å²) in [5.74, 6) is 0.488. The Balaban J connectivity index is 1.93. The van der Waals surface area contributed by atoms with Gasteiger partial charge in [0.25, 0.3) is 5.69 Å². The molecule has 6 nitrogen and oxygen atoms in total. The van der Waals surface area contributed by atoms with Crippen molar-refractivity contribution in [3.05, 3.63) is 27.4 Å². The Bertz CT molecular complexity index is 449. The standard InChI is InChI=1S/C11H14ClN3O3/c1-2-18-9-3-7(4-9)14-11-10(12)5-8(6-13-11)15(16)17/h5-7,9H,2-4H2,1H3,(H,13,14). The summed E-state index contributed by atoms with van der Waals surface area (Å²) < 4.78 is 5.44. The molecule has 18 heavy (non-hydrogen) atoms. The van der Waals surface area contributed by atoms with Crippen molar-refractivity contribution in [2.45, 2.75) is 31.9 Å². The zero-order chi connectivity index (χ0) is 13.1. The van der Waals surface area contributed by atoms with Crippen molar-refractivity contribution in [2.75, 3.05) is 11.9 Å². The smallest absolute Gasteiger partial charge is 0.289 e. The van der Waals surface area contributed by atoms with Crippen molar-refractivity contribution in [3.63, 3.8) is 0 Å². The molecule has 0 unspecified atom stereocenters. The molecule has 1 aliphatic rings. The number of hydrogen-bond acceptors (Lipinski definition) is 5. The van der Waals surface area contributed by atoms with Crippen LogP contribution in [0.15, 0.2) is 12.3 Å². The number of rotatable bonds is 5. The van der Waals surface area contributed by atoms with E-state index >= 15 is 0 Å². The molecular weight excluding hydrogens is 258 g/mol. The second kappa shape index (κ2) is 5.49. The largest absolute Gasteiger partial charge is 0.378 e. The van der Waals surface area contributed by atoms with E-state index in [9.17, 15) is 10.1 Å². The molecule has 1 heterocycles. The monoisotopic (exact) mass is 271 g/mol. The van der Waals surface area contributed by atoms with E-state index in [-0.39, 0.29) is 16.8 Å². The molecule has 1 saturated carbocycles. The van der Waals surface area contributed by atoms with Gasteiger partial charge in [-0.05, 0) is 19.8 Å². The van der Waals surface area contributed by atoms with E-state index in [1.54, 1.807) is 0 Å². The van der Waals surface area contributed by atoms with Crippen LogP contribution in [0.2, 0.25) is 5.02 Å². The molecule has 0 spiro atoms. The van der Waals surface area contributed by atoms with Crippen molar-refractivity contribution in [1.29, 1.82) is 0 Å². The van der Waals surface area contributed by atoms with Crippen LogP contribution in [-0.4, -0.2) is 28.7 Å². The molecule has 0 bridgehead atoms. The third kappa shape index (κ3) is 2.88. The van der Waals surface area contributed by atoms with Gasteiger partial charge in [0, 0.05) is 18.7 Å². The van der Waals surface area contributed by atoms with Gasteiger partial charge in [-0.15, -0.1) is 0 Å². The summed E-state index contributed by atoms with van der Waals surface area (Å²) >= 11 is 5.94. The maximum Gasteiger partial charge on any atom is 0.289 e. The molecule has 0 saturated heterocycles. The maximum atomic E-state index is 10.5. The summed E-state index contributed by atoms with van der Waals surface area (Å²) in [5.41, 5.74) is -0.105. The second-order valence-electron chi connectivity index (χ2n) is 4.17. The van der Waals surface area contributed by atoms with E-state index in [1.165, 1.54) is 12.3 Å². The molecule has 2 rings (SSSR count). The first kappa shape index (κ1) is 13.0. The molecule has 98 valence electrons. The van der Waals surface area contributed by atoms with Crippen LogP contribution in [0.3, 0.4) is 0 Å². The lowest BCUT2D eigenvalue weighted by Crippen LogP contribution is -2.41. The molecule has 0 amide bonds. The van der Waals surface area contributed by atoms with Gasteiger partial charge >= 0.3 is 0 Å². The lowest BCUT2D eigenvalue weighted by Gasteiger charge is -2.35. The Hall–Kier alpha value is -1.40. The number of anilines is 1. The Morgan fingerprint density at radius 1 is 1.67 bits per heavy atom. The SMILES string of the molecule is CCOC1CC(Nc2ncc([N+](=O)[O-])cc2Cl)C1. The number of nitrogens with one attached hydrogen (secondary N) is 1. The average molecular weight is 272 g/mol. The highest BCUT2D eigenvalue weighted by molar-refractivity contribution is 6.33. The zero-order valence-corrected chi connectivity index (χ0v) is 10.7. The number of hydrogen-bond donors (Lipinski definition) is 1. The Labute approximate surface area is 109 Å². The van der Waals surface area contributed by atoms with Gasteiger partial charge in [-0.3, -0.25) is 10.1 Å². The van der Waals surface area contributed by atoms with Crippen LogP contribution in [0.5, 0.6) is 0 Å². The summed E-state index contributed by atoms with van der Waals surface area (Å²) in [7, 11) is 0. The summed E-state index contributed by atoms with van der Waals surface area (Å²) in [6.07, 6.45) is 3.31. The fourth-order valence-corrected chi connectivity index (χ4v) is 2.10. The third-order valence-corrected chi connectivity index (χ3v) is 3.16. The second-order valence-corrected chi connectivity index (χ2v) is 4.58. The third-order valence-electron chi connectivity index (χ3n) is 2.88. The molecular formula is C11H14ClN3O3. The molecule has 1 fully saturated rings. The van der Waals surface area contributed by atoms with Gasteiger partial charge in [0.1, 0.15) is 12.0 Å². The topological polar surface area (TPSA) is 77.3 Å². The van der Waals surface area contributed by atoms with Gasteiger partial charge in [-0.1, -0.05) is 11.6 Å². The van der Waals surface area contributed by atoms with E-state index in [0.29, 0.717) is 18.5 Å². The molecule has 0 radical (unpaired) electrons. The molecule has 1 N–H and O–H groups in total. The summed E-state index contributed by atoms with van der Waals surface area (Å²) in [5, 5.41) is 14.0. The van der Waals surface area contributed by atoms with Gasteiger partial charge in [0.15, 0.2) is 0 Å². The number of pyridine rings is 1. The highest BCUT2D eigenvalue weighted by Gasteiger charge is 2.30. The van der Waals surface area contributed by atoms with Gasteiger partial charge in [-0.25, -0.2) is 4.98 Å². The maximum absolute atomic E-state index is 10.5. The minimum Gasteiger partial charge on any atom is -0.378 e. The minimum absolute atomic E-state index is 0.105. The average Bonchev–Trinajstić information content (AvgIpc) is 2.28. The fraction of sp³-hybridized carbons (Fsp3) is 0.545. The normalized spacial score (nSPS) is 22.3. The summed E-state index contributed by atoms with van der Waals surface area (Å²) in [4.78, 5) is 14.0. The van der Waals surface area contributed by atoms with E-state index in [2.05, 4.69) is 10.3 Å². The highest BCUT2D eigenvalue weighted by atomic mass is 35.5. The highest BCUT2D eigenvalue weighted by Crippen LogP contribution is 2.30. The van der Waals surface area contributed by atoms with Crippen LogP contribution in [0.4, 0.5) is 11.5 Å². The van der Waals surface area contributed by atoms with Crippen LogP contribution in [0, 0.1) is 10.1 Å². The summed E-state index contributed by atoms with van der Waals surface area (Å²) in [6, 6.07) is 1.57. The van der Waals surface area contributed by atoms with E-state index in [4.69, 9.17) is 16.3 Å². The predicted octanol–water partition coefficient (Wildman–Crippen LogP) is 2.62. The molecule has 0 aromatic carbocycles. The fourth-order valence-electron chi connectivity index (χ4n) is 1.88.